The van der Waals surface area contributed by atoms with Crippen LogP contribution in [0.2, 0.25) is 0 Å². The van der Waals surface area contributed by atoms with Crippen LogP contribution in [0.1, 0.15) is 8.80 Å². The molecule has 1 rings (SSSR count). The maximum Gasteiger partial charge on any atom is 0.132 e. The van der Waals surface area contributed by atoms with Crippen molar-refractivity contribution in [3.63, 3.8) is 0 Å². The summed E-state index contributed by atoms with van der Waals surface area (Å²) < 4.78 is 0.0302. The molecule has 0 saturated heterocycles. The van der Waals surface area contributed by atoms with Crippen LogP contribution in [0, 0.1) is 11.3 Å². The zero-order chi connectivity index (χ0) is 6.69. The van der Waals surface area contributed by atoms with Crippen LogP contribution in [-0.2, 0) is 0 Å². The molecule has 1 atom stereocenters. The van der Waals surface area contributed by atoms with E-state index in [1.54, 1.807) is 11.3 Å². The van der Waals surface area contributed by atoms with Gasteiger partial charge >= 0.3 is 0 Å². The molecular formula is C6H4INS. The van der Waals surface area contributed by atoms with Gasteiger partial charge in [-0.2, -0.15) is 5.26 Å². The van der Waals surface area contributed by atoms with Gasteiger partial charge < -0.3 is 0 Å². The second-order valence-corrected chi connectivity index (χ2v) is 3.73. The monoisotopic (exact) mass is 249 g/mol. The smallest absolute Gasteiger partial charge is 0.132 e. The third-order valence-electron chi connectivity index (χ3n) is 0.906. The van der Waals surface area contributed by atoms with Crippen LogP contribution < -0.4 is 0 Å². The predicted molar refractivity (Wildman–Crippen MR) is 46.7 cm³/mol. The molecule has 0 aromatic carbocycles. The van der Waals surface area contributed by atoms with Crippen molar-refractivity contribution in [2.75, 3.05) is 0 Å². The van der Waals surface area contributed by atoms with Gasteiger partial charge in [0, 0.05) is 4.88 Å². The Balaban J connectivity index is 2.80. The van der Waals surface area contributed by atoms with Gasteiger partial charge in [0.05, 0.1) is 6.07 Å². The molecule has 0 fully saturated rings. The van der Waals surface area contributed by atoms with E-state index in [9.17, 15) is 0 Å². The third kappa shape index (κ3) is 1.66. The third-order valence-corrected chi connectivity index (χ3v) is 3.22. The average molecular weight is 249 g/mol. The summed E-state index contributed by atoms with van der Waals surface area (Å²) >= 11 is 3.74. The molecule has 3 heteroatoms. The predicted octanol–water partition coefficient (Wildman–Crippen LogP) is 2.75. The first kappa shape index (κ1) is 7.03. The minimum absolute atomic E-state index is 0.0302. The minimum atomic E-state index is 0.0302. The van der Waals surface area contributed by atoms with E-state index in [1.165, 1.54) is 0 Å². The Labute approximate surface area is 71.5 Å². The quantitative estimate of drug-likeness (QED) is 0.554. The molecule has 1 unspecified atom stereocenters. The number of nitriles is 1. The van der Waals surface area contributed by atoms with E-state index >= 15 is 0 Å². The molecule has 0 bridgehead atoms. The highest BCUT2D eigenvalue weighted by molar-refractivity contribution is 14.1. The maximum atomic E-state index is 8.46. The summed E-state index contributed by atoms with van der Waals surface area (Å²) in [5.41, 5.74) is 0. The fraction of sp³-hybridized carbons (Fsp3) is 0.167. The van der Waals surface area contributed by atoms with Crippen LogP contribution in [0.3, 0.4) is 0 Å². The molecule has 0 aliphatic rings. The van der Waals surface area contributed by atoms with Crippen LogP contribution >= 0.6 is 33.9 Å². The summed E-state index contributed by atoms with van der Waals surface area (Å²) in [4.78, 5) is 1.14. The highest BCUT2D eigenvalue weighted by Crippen LogP contribution is 2.25. The summed E-state index contributed by atoms with van der Waals surface area (Å²) in [6.45, 7) is 0. The highest BCUT2D eigenvalue weighted by atomic mass is 127. The van der Waals surface area contributed by atoms with Gasteiger partial charge in [0.1, 0.15) is 3.92 Å². The number of alkyl halides is 1. The van der Waals surface area contributed by atoms with Crippen LogP contribution in [0.15, 0.2) is 17.5 Å². The molecule has 46 valence electrons. The average Bonchev–Trinajstić information content (AvgIpc) is 2.37. The van der Waals surface area contributed by atoms with Crippen LogP contribution in [0.25, 0.3) is 0 Å². The molecule has 0 aliphatic carbocycles. The Kier molecular flexibility index (Phi) is 2.49. The van der Waals surface area contributed by atoms with E-state index in [0.29, 0.717) is 0 Å². The van der Waals surface area contributed by atoms with Crippen molar-refractivity contribution in [3.8, 4) is 6.07 Å². The van der Waals surface area contributed by atoms with Crippen molar-refractivity contribution in [1.82, 2.24) is 0 Å². The van der Waals surface area contributed by atoms with Crippen LogP contribution in [0.4, 0.5) is 0 Å². The maximum absolute atomic E-state index is 8.46. The number of halogens is 1. The van der Waals surface area contributed by atoms with Gasteiger partial charge in [0.25, 0.3) is 0 Å². The van der Waals surface area contributed by atoms with E-state index in [1.807, 2.05) is 17.5 Å². The van der Waals surface area contributed by atoms with E-state index < -0.39 is 0 Å². The van der Waals surface area contributed by atoms with Crippen molar-refractivity contribution < 1.29 is 0 Å². The van der Waals surface area contributed by atoms with Gasteiger partial charge in [-0.05, 0) is 11.4 Å². The van der Waals surface area contributed by atoms with Gasteiger partial charge in [-0.3, -0.25) is 0 Å². The van der Waals surface area contributed by atoms with Gasteiger partial charge in [-0.15, -0.1) is 11.3 Å². The fourth-order valence-corrected chi connectivity index (χ4v) is 1.79. The molecule has 0 N–H and O–H groups in total. The fourth-order valence-electron chi connectivity index (χ4n) is 0.499. The Hall–Kier alpha value is -0.0800. The summed E-state index contributed by atoms with van der Waals surface area (Å²) in [7, 11) is 0. The SMILES string of the molecule is N#CC(I)c1cccs1. The summed E-state index contributed by atoms with van der Waals surface area (Å²) in [6.07, 6.45) is 0. The zero-order valence-corrected chi connectivity index (χ0v) is 7.52. The van der Waals surface area contributed by atoms with E-state index in [4.69, 9.17) is 5.26 Å². The molecule has 9 heavy (non-hydrogen) atoms. The first-order valence-electron chi connectivity index (χ1n) is 2.41. The number of hydrogen-bond donors (Lipinski definition) is 0. The molecule has 1 heterocycles. The topological polar surface area (TPSA) is 23.8 Å². The van der Waals surface area contributed by atoms with Gasteiger partial charge in [-0.25, -0.2) is 0 Å². The number of hydrogen-bond acceptors (Lipinski definition) is 2. The molecular weight excluding hydrogens is 245 g/mol. The van der Waals surface area contributed by atoms with Gasteiger partial charge in [0.2, 0.25) is 0 Å². The molecule has 0 aliphatic heterocycles. The lowest BCUT2D eigenvalue weighted by Crippen LogP contribution is -1.75. The Morgan fingerprint density at radius 3 is 3.00 bits per heavy atom. The van der Waals surface area contributed by atoms with Gasteiger partial charge in [0.15, 0.2) is 0 Å². The zero-order valence-electron chi connectivity index (χ0n) is 4.54. The summed E-state index contributed by atoms with van der Waals surface area (Å²) in [5, 5.41) is 10.4. The molecule has 0 amide bonds. The van der Waals surface area contributed by atoms with Crippen molar-refractivity contribution in [1.29, 1.82) is 5.26 Å². The minimum Gasteiger partial charge on any atom is -0.197 e. The van der Waals surface area contributed by atoms with E-state index in [2.05, 4.69) is 28.7 Å². The second-order valence-electron chi connectivity index (χ2n) is 1.51. The van der Waals surface area contributed by atoms with Crippen molar-refractivity contribution >= 4 is 33.9 Å². The lowest BCUT2D eigenvalue weighted by Gasteiger charge is -1.90. The van der Waals surface area contributed by atoms with Crippen molar-refractivity contribution in [3.05, 3.63) is 22.4 Å². The first-order valence-corrected chi connectivity index (χ1v) is 4.54. The first-order chi connectivity index (χ1) is 4.34. The molecule has 0 saturated carbocycles. The van der Waals surface area contributed by atoms with E-state index in [0.717, 1.165) is 4.88 Å². The Morgan fingerprint density at radius 2 is 2.56 bits per heavy atom. The number of rotatable bonds is 1. The highest BCUT2D eigenvalue weighted by Gasteiger charge is 2.03. The molecule has 1 aromatic heterocycles. The Bertz CT molecular complexity index is 211. The molecule has 1 nitrogen and oxygen atoms in total. The number of thiophene rings is 1. The summed E-state index contributed by atoms with van der Waals surface area (Å²) in [6, 6.07) is 6.10. The van der Waals surface area contributed by atoms with Crippen molar-refractivity contribution in [2.24, 2.45) is 0 Å². The van der Waals surface area contributed by atoms with Crippen LogP contribution in [-0.4, -0.2) is 0 Å². The van der Waals surface area contributed by atoms with E-state index in [-0.39, 0.29) is 3.92 Å². The standard InChI is InChI=1S/C6H4INS/c7-5(4-8)6-2-1-3-9-6/h1-3,5H. The second kappa shape index (κ2) is 3.18. The summed E-state index contributed by atoms with van der Waals surface area (Å²) in [5.74, 6) is 0. The van der Waals surface area contributed by atoms with Gasteiger partial charge in [-0.1, -0.05) is 28.7 Å². The van der Waals surface area contributed by atoms with Crippen LogP contribution in [0.5, 0.6) is 0 Å². The molecule has 0 radical (unpaired) electrons. The van der Waals surface area contributed by atoms with Crippen molar-refractivity contribution in [2.45, 2.75) is 3.92 Å². The number of nitrogens with zero attached hydrogens (tertiary/aromatic N) is 1. The molecule has 0 spiro atoms. The molecule has 1 aromatic rings. The Morgan fingerprint density at radius 1 is 1.78 bits per heavy atom. The normalized spacial score (nSPS) is 12.4. The largest absolute Gasteiger partial charge is 0.197 e. The lowest BCUT2D eigenvalue weighted by molar-refractivity contribution is 1.33. The lowest BCUT2D eigenvalue weighted by atomic mass is 10.4.